The van der Waals surface area contributed by atoms with E-state index in [1.807, 2.05) is 55.7 Å². The number of aryl methyl sites for hydroxylation is 1. The highest BCUT2D eigenvalue weighted by Crippen LogP contribution is 2.31. The van der Waals surface area contributed by atoms with Gasteiger partial charge in [-0.2, -0.15) is 18.3 Å². The van der Waals surface area contributed by atoms with Crippen LogP contribution in [0.25, 0.3) is 11.3 Å². The lowest BCUT2D eigenvalue weighted by atomic mass is 9.90. The first-order valence-electron chi connectivity index (χ1n) is 13.1. The third kappa shape index (κ3) is 6.59. The van der Waals surface area contributed by atoms with Crippen molar-refractivity contribution in [3.05, 3.63) is 90.5 Å². The minimum atomic E-state index is -4.42. The lowest BCUT2D eigenvalue weighted by Gasteiger charge is -2.37. The van der Waals surface area contributed by atoms with E-state index in [0.29, 0.717) is 30.9 Å². The second-order valence-corrected chi connectivity index (χ2v) is 9.90. The molecule has 1 aliphatic rings. The highest BCUT2D eigenvalue weighted by atomic mass is 19.4. The van der Waals surface area contributed by atoms with Gasteiger partial charge in [-0.05, 0) is 55.5 Å². The topological polar surface area (TPSA) is 88.0 Å². The Balaban J connectivity index is 1.28. The molecule has 0 atom stereocenters. The average Bonchev–Trinajstić information content (AvgIpc) is 3.40. The van der Waals surface area contributed by atoms with Crippen LogP contribution in [0.2, 0.25) is 0 Å². The minimum Gasteiger partial charge on any atom is -0.367 e. The first-order valence-corrected chi connectivity index (χ1v) is 13.1. The molecule has 11 heteroatoms. The van der Waals surface area contributed by atoms with Crippen molar-refractivity contribution >= 4 is 17.5 Å². The largest absolute Gasteiger partial charge is 0.417 e. The second kappa shape index (κ2) is 11.8. The van der Waals surface area contributed by atoms with Crippen molar-refractivity contribution in [1.82, 2.24) is 25.1 Å². The Bertz CT molecular complexity index is 1400. The number of hydrogen-bond donors (Lipinski definition) is 2. The Kier molecular flexibility index (Phi) is 7.99. The number of halogens is 3. The van der Waals surface area contributed by atoms with E-state index in [0.717, 1.165) is 41.9 Å². The number of nitrogens with zero attached hydrogens (tertiary/aromatic N) is 5. The molecule has 0 unspecified atom stereocenters. The van der Waals surface area contributed by atoms with Crippen molar-refractivity contribution in [2.45, 2.75) is 50.5 Å². The molecule has 2 amide bonds. The van der Waals surface area contributed by atoms with E-state index in [1.165, 1.54) is 6.07 Å². The molecule has 1 aromatic carbocycles. The van der Waals surface area contributed by atoms with Gasteiger partial charge in [-0.25, -0.2) is 9.78 Å². The van der Waals surface area contributed by atoms with Gasteiger partial charge in [0.15, 0.2) is 0 Å². The third-order valence-electron chi connectivity index (χ3n) is 7.04. The summed E-state index contributed by atoms with van der Waals surface area (Å²) in [5.41, 5.74) is 2.56. The number of urea groups is 1. The van der Waals surface area contributed by atoms with Crippen LogP contribution in [-0.2, 0) is 19.8 Å². The number of carbonyl (C=O) groups excluding carboxylic acids is 1. The van der Waals surface area contributed by atoms with E-state index in [1.54, 1.807) is 22.0 Å². The molecule has 1 fully saturated rings. The van der Waals surface area contributed by atoms with Crippen molar-refractivity contribution in [2.24, 2.45) is 7.05 Å². The zero-order valence-electron chi connectivity index (χ0n) is 22.0. The number of alkyl halides is 3. The number of amides is 2. The predicted molar refractivity (Wildman–Crippen MR) is 147 cm³/mol. The molecule has 0 spiro atoms. The van der Waals surface area contributed by atoms with Gasteiger partial charge in [0, 0.05) is 43.6 Å². The monoisotopic (exact) mass is 549 g/mol. The molecule has 3 heterocycles. The summed E-state index contributed by atoms with van der Waals surface area (Å²) >= 11 is 0. The van der Waals surface area contributed by atoms with Crippen LogP contribution in [0, 0.1) is 0 Å². The summed E-state index contributed by atoms with van der Waals surface area (Å²) in [5, 5.41) is 10.5. The molecular weight excluding hydrogens is 519 g/mol. The minimum absolute atomic E-state index is 0.0424. The van der Waals surface area contributed by atoms with E-state index in [9.17, 15) is 18.0 Å². The third-order valence-corrected chi connectivity index (χ3v) is 7.04. The fourth-order valence-corrected chi connectivity index (χ4v) is 4.94. The molecule has 3 aromatic heterocycles. The second-order valence-electron chi connectivity index (χ2n) is 9.90. The summed E-state index contributed by atoms with van der Waals surface area (Å²) in [6, 6.07) is 15.6. The molecule has 2 N–H and O–H groups in total. The van der Waals surface area contributed by atoms with Gasteiger partial charge in [-0.3, -0.25) is 14.6 Å². The molecule has 208 valence electrons. The highest BCUT2D eigenvalue weighted by Gasteiger charge is 2.32. The molecular formula is C29H30F3N7O. The van der Waals surface area contributed by atoms with E-state index < -0.39 is 11.7 Å². The van der Waals surface area contributed by atoms with Crippen LogP contribution in [-0.4, -0.2) is 37.9 Å². The molecule has 8 nitrogen and oxygen atoms in total. The van der Waals surface area contributed by atoms with Crippen LogP contribution in [0.1, 0.15) is 36.8 Å². The van der Waals surface area contributed by atoms with Crippen molar-refractivity contribution in [1.29, 1.82) is 0 Å². The Morgan fingerprint density at radius 2 is 1.75 bits per heavy atom. The summed E-state index contributed by atoms with van der Waals surface area (Å²) < 4.78 is 40.3. The number of nitrogens with one attached hydrogen (secondary N) is 2. The Morgan fingerprint density at radius 3 is 2.35 bits per heavy atom. The van der Waals surface area contributed by atoms with Crippen molar-refractivity contribution in [3.63, 3.8) is 0 Å². The standard InChI is InChI=1S/C29H30F3N7O/c1-38-19-21(16-36-38)26-13-12-25(18-33-26)39(28(40)35-15-20-5-3-2-4-6-20)24-10-8-23(9-11-24)37-27-14-7-22(17-34-27)29(30,31)32/h2-7,12-14,16-19,23-24H,8-11,15H2,1H3,(H,34,37)(H,35,40)/t23-,24-. The first-order chi connectivity index (χ1) is 19.3. The number of benzene rings is 1. The van der Waals surface area contributed by atoms with Gasteiger partial charge in [0.1, 0.15) is 5.82 Å². The average molecular weight is 550 g/mol. The van der Waals surface area contributed by atoms with Crippen molar-refractivity contribution in [3.8, 4) is 11.3 Å². The van der Waals surface area contributed by atoms with Gasteiger partial charge in [-0.15, -0.1) is 0 Å². The van der Waals surface area contributed by atoms with Crippen LogP contribution >= 0.6 is 0 Å². The summed E-state index contributed by atoms with van der Waals surface area (Å²) in [6.07, 6.45) is 4.64. The quantitative estimate of drug-likeness (QED) is 0.294. The molecule has 40 heavy (non-hydrogen) atoms. The molecule has 5 rings (SSSR count). The number of aromatic nitrogens is 4. The van der Waals surface area contributed by atoms with Gasteiger partial charge in [0.05, 0.1) is 29.3 Å². The van der Waals surface area contributed by atoms with Gasteiger partial charge in [-0.1, -0.05) is 30.3 Å². The number of pyridine rings is 2. The molecule has 1 aliphatic carbocycles. The normalized spacial score (nSPS) is 17.3. The van der Waals surface area contributed by atoms with E-state index in [-0.39, 0.29) is 18.1 Å². The molecule has 0 radical (unpaired) electrons. The molecule has 0 saturated heterocycles. The summed E-state index contributed by atoms with van der Waals surface area (Å²) in [5.74, 6) is 0.407. The van der Waals surface area contributed by atoms with E-state index in [2.05, 4.69) is 25.7 Å². The number of carbonyl (C=O) groups is 1. The Hall–Kier alpha value is -4.41. The number of rotatable bonds is 7. The summed E-state index contributed by atoms with van der Waals surface area (Å²) in [7, 11) is 1.84. The highest BCUT2D eigenvalue weighted by molar-refractivity contribution is 5.92. The van der Waals surface area contributed by atoms with Gasteiger partial charge in [0.2, 0.25) is 0 Å². The van der Waals surface area contributed by atoms with Gasteiger partial charge in [0.25, 0.3) is 0 Å². The van der Waals surface area contributed by atoms with E-state index in [4.69, 9.17) is 0 Å². The zero-order chi connectivity index (χ0) is 28.1. The van der Waals surface area contributed by atoms with Gasteiger partial charge < -0.3 is 10.6 Å². The van der Waals surface area contributed by atoms with Crippen molar-refractivity contribution < 1.29 is 18.0 Å². The van der Waals surface area contributed by atoms with Crippen LogP contribution in [0.5, 0.6) is 0 Å². The fourth-order valence-electron chi connectivity index (χ4n) is 4.94. The molecule has 0 bridgehead atoms. The smallest absolute Gasteiger partial charge is 0.367 e. The Morgan fingerprint density at radius 1 is 0.975 bits per heavy atom. The zero-order valence-corrected chi connectivity index (χ0v) is 22.0. The van der Waals surface area contributed by atoms with Crippen molar-refractivity contribution in [2.75, 3.05) is 10.2 Å². The summed E-state index contributed by atoms with van der Waals surface area (Å²) in [4.78, 5) is 23.8. The first kappa shape index (κ1) is 27.2. The lowest BCUT2D eigenvalue weighted by Crippen LogP contribution is -2.48. The maximum absolute atomic E-state index is 13.5. The number of anilines is 2. The molecule has 4 aromatic rings. The van der Waals surface area contributed by atoms with Gasteiger partial charge >= 0.3 is 12.2 Å². The summed E-state index contributed by atoms with van der Waals surface area (Å²) in [6.45, 7) is 0.397. The number of hydrogen-bond acceptors (Lipinski definition) is 5. The van der Waals surface area contributed by atoms with Crippen LogP contribution < -0.4 is 15.5 Å². The fraction of sp³-hybridized carbons (Fsp3) is 0.310. The SMILES string of the molecule is Cn1cc(-c2ccc(N(C(=O)NCc3ccccc3)[C@H]3CC[C@H](Nc4ccc(C(F)(F)F)cn4)CC3)cn2)cn1. The van der Waals surface area contributed by atoms with Crippen LogP contribution in [0.3, 0.4) is 0 Å². The van der Waals surface area contributed by atoms with Crippen LogP contribution in [0.4, 0.5) is 29.5 Å². The lowest BCUT2D eigenvalue weighted by molar-refractivity contribution is -0.137. The molecule has 1 saturated carbocycles. The maximum Gasteiger partial charge on any atom is 0.417 e. The Labute approximate surface area is 230 Å². The van der Waals surface area contributed by atoms with E-state index >= 15 is 0 Å². The molecule has 0 aliphatic heterocycles. The van der Waals surface area contributed by atoms with Crippen LogP contribution in [0.15, 0.2) is 79.4 Å². The predicted octanol–water partition coefficient (Wildman–Crippen LogP) is 6.04. The maximum atomic E-state index is 13.5.